The van der Waals surface area contributed by atoms with Gasteiger partial charge in [-0.05, 0) is 79.6 Å². The van der Waals surface area contributed by atoms with E-state index in [1.807, 2.05) is 0 Å². The maximum absolute atomic E-state index is 6.65. The first-order chi connectivity index (χ1) is 23.8. The van der Waals surface area contributed by atoms with Crippen LogP contribution in [-0.2, 0) is 6.42 Å². The molecule has 0 aliphatic carbocycles. The van der Waals surface area contributed by atoms with Crippen LogP contribution in [0.2, 0.25) is 0 Å². The largest absolute Gasteiger partial charge is 0.492 e. The molecule has 0 N–H and O–H groups in total. The normalized spacial score (nSPS) is 11.6. The fourth-order valence-electron chi connectivity index (χ4n) is 6.52. The van der Waals surface area contributed by atoms with Gasteiger partial charge in [-0.3, -0.25) is 0 Å². The molecule has 0 atom stereocenters. The standard InChI is InChI=1S/C44H70O2S2/c1-4-7-9-23-33-47-35-25-17-13-11-15-21-31-45-43-39-27-19-20-28-40(39)44(42-37-38(6-3)29-30-41(42)43)46-32-22-16-12-14-18-26-36-48-34-24-10-8-5-2/h19-20,27-30,37H,4-18,21-26,31-36H2,1-3H3. The number of unbranched alkanes of at least 4 members (excludes halogenated alkanes) is 16. The molecule has 3 aromatic rings. The van der Waals surface area contributed by atoms with E-state index in [9.17, 15) is 0 Å². The van der Waals surface area contributed by atoms with E-state index in [0.717, 1.165) is 44.0 Å². The van der Waals surface area contributed by atoms with Crippen LogP contribution in [-0.4, -0.2) is 36.2 Å². The number of aryl methyl sites for hydroxylation is 1. The molecule has 0 bridgehead atoms. The summed E-state index contributed by atoms with van der Waals surface area (Å²) in [6.45, 7) is 8.37. The number of fused-ring (bicyclic) bond motifs is 2. The van der Waals surface area contributed by atoms with E-state index in [0.29, 0.717) is 0 Å². The van der Waals surface area contributed by atoms with E-state index in [2.05, 4.69) is 86.8 Å². The van der Waals surface area contributed by atoms with Gasteiger partial charge in [0.15, 0.2) is 0 Å². The minimum Gasteiger partial charge on any atom is -0.492 e. The van der Waals surface area contributed by atoms with Crippen molar-refractivity contribution in [3.63, 3.8) is 0 Å². The quantitative estimate of drug-likeness (QED) is 0.0493. The van der Waals surface area contributed by atoms with E-state index in [-0.39, 0.29) is 0 Å². The van der Waals surface area contributed by atoms with E-state index >= 15 is 0 Å². The second-order valence-corrected chi connectivity index (χ2v) is 16.2. The average Bonchev–Trinajstić information content (AvgIpc) is 3.12. The Morgan fingerprint density at radius 3 is 1.27 bits per heavy atom. The summed E-state index contributed by atoms with van der Waals surface area (Å²) < 4.78 is 13.3. The Balaban J connectivity index is 1.42. The van der Waals surface area contributed by atoms with Crippen LogP contribution < -0.4 is 9.47 Å². The van der Waals surface area contributed by atoms with E-state index in [1.54, 1.807) is 0 Å². The van der Waals surface area contributed by atoms with Gasteiger partial charge in [0, 0.05) is 21.5 Å². The highest BCUT2D eigenvalue weighted by Crippen LogP contribution is 2.43. The van der Waals surface area contributed by atoms with E-state index in [1.165, 1.54) is 166 Å². The van der Waals surface area contributed by atoms with Crippen molar-refractivity contribution in [1.82, 2.24) is 0 Å². The molecule has 0 aliphatic heterocycles. The highest BCUT2D eigenvalue weighted by molar-refractivity contribution is 7.99. The lowest BCUT2D eigenvalue weighted by molar-refractivity contribution is 0.306. The minimum absolute atomic E-state index is 0.778. The van der Waals surface area contributed by atoms with Crippen LogP contribution in [0.5, 0.6) is 11.5 Å². The van der Waals surface area contributed by atoms with Gasteiger partial charge in [0.2, 0.25) is 0 Å². The zero-order valence-corrected chi connectivity index (χ0v) is 32.9. The van der Waals surface area contributed by atoms with E-state index in [4.69, 9.17) is 9.47 Å². The SMILES string of the molecule is CCCCCCSCCCCCCCCOc1c2ccccc2c(OCCCCCCCCSCCCCCC)c2cc(CC)ccc12. The fourth-order valence-corrected chi connectivity index (χ4v) is 8.56. The molecule has 0 spiro atoms. The molecule has 270 valence electrons. The summed E-state index contributed by atoms with van der Waals surface area (Å²) in [5.74, 6) is 7.46. The van der Waals surface area contributed by atoms with Gasteiger partial charge >= 0.3 is 0 Å². The van der Waals surface area contributed by atoms with Crippen LogP contribution >= 0.6 is 23.5 Å². The molecule has 0 fully saturated rings. The Bertz CT molecular complexity index is 1230. The lowest BCUT2D eigenvalue weighted by Gasteiger charge is -2.18. The van der Waals surface area contributed by atoms with Gasteiger partial charge in [0.05, 0.1) is 13.2 Å². The second-order valence-electron chi connectivity index (χ2n) is 13.7. The van der Waals surface area contributed by atoms with Crippen LogP contribution in [0, 0.1) is 0 Å². The summed E-state index contributed by atoms with van der Waals surface area (Å²) in [7, 11) is 0. The molecule has 0 saturated carbocycles. The van der Waals surface area contributed by atoms with Gasteiger partial charge in [0.25, 0.3) is 0 Å². The van der Waals surface area contributed by atoms with Crippen molar-refractivity contribution in [2.75, 3.05) is 36.2 Å². The highest BCUT2D eigenvalue weighted by atomic mass is 32.2. The van der Waals surface area contributed by atoms with Gasteiger partial charge in [-0.15, -0.1) is 0 Å². The van der Waals surface area contributed by atoms with Crippen LogP contribution in [0.3, 0.4) is 0 Å². The van der Waals surface area contributed by atoms with E-state index < -0.39 is 0 Å². The van der Waals surface area contributed by atoms with Crippen molar-refractivity contribution in [2.45, 2.75) is 156 Å². The molecule has 48 heavy (non-hydrogen) atoms. The molecule has 2 nitrogen and oxygen atoms in total. The van der Waals surface area contributed by atoms with Gasteiger partial charge in [-0.1, -0.05) is 147 Å². The average molecular weight is 695 g/mol. The first-order valence-electron chi connectivity index (χ1n) is 20.2. The van der Waals surface area contributed by atoms with Crippen LogP contribution in [0.15, 0.2) is 42.5 Å². The molecule has 0 aromatic heterocycles. The maximum atomic E-state index is 6.65. The Kier molecular flexibility index (Phi) is 23.2. The van der Waals surface area contributed by atoms with Crippen molar-refractivity contribution in [3.05, 3.63) is 48.0 Å². The molecule has 0 radical (unpaired) electrons. The summed E-state index contributed by atoms with van der Waals surface area (Å²) in [6, 6.07) is 15.6. The first-order valence-corrected chi connectivity index (χ1v) is 22.5. The molecule has 0 amide bonds. The van der Waals surface area contributed by atoms with Crippen molar-refractivity contribution < 1.29 is 9.47 Å². The van der Waals surface area contributed by atoms with Gasteiger partial charge in [-0.25, -0.2) is 0 Å². The fraction of sp³-hybridized carbons (Fsp3) is 0.682. The van der Waals surface area contributed by atoms with Crippen molar-refractivity contribution >= 4 is 45.1 Å². The number of hydrogen-bond donors (Lipinski definition) is 0. The van der Waals surface area contributed by atoms with Gasteiger partial charge in [0.1, 0.15) is 11.5 Å². The summed E-state index contributed by atoms with van der Waals surface area (Å²) in [5, 5.41) is 4.76. The third kappa shape index (κ3) is 16.0. The number of benzene rings is 3. The second kappa shape index (κ2) is 27.2. The molecular weight excluding hydrogens is 625 g/mol. The molecule has 0 heterocycles. The predicted octanol–water partition coefficient (Wildman–Crippen LogP) is 14.6. The summed E-state index contributed by atoms with van der Waals surface area (Å²) >= 11 is 4.32. The Labute approximate surface area is 304 Å². The Hall–Kier alpha value is -1.52. The molecule has 3 rings (SSSR count). The number of thioether (sulfide) groups is 2. The van der Waals surface area contributed by atoms with Gasteiger partial charge < -0.3 is 9.47 Å². The Morgan fingerprint density at radius 2 is 0.812 bits per heavy atom. The predicted molar refractivity (Wildman–Crippen MR) is 220 cm³/mol. The van der Waals surface area contributed by atoms with Crippen molar-refractivity contribution in [2.24, 2.45) is 0 Å². The molecule has 0 unspecified atom stereocenters. The van der Waals surface area contributed by atoms with Crippen LogP contribution in [0.1, 0.15) is 155 Å². The minimum atomic E-state index is 0.778. The van der Waals surface area contributed by atoms with Crippen molar-refractivity contribution in [1.29, 1.82) is 0 Å². The maximum Gasteiger partial charge on any atom is 0.135 e. The molecule has 4 heteroatoms. The Morgan fingerprint density at radius 1 is 0.417 bits per heavy atom. The molecular formula is C44H70O2S2. The van der Waals surface area contributed by atoms with Crippen molar-refractivity contribution in [3.8, 4) is 11.5 Å². The molecule has 3 aromatic carbocycles. The zero-order valence-electron chi connectivity index (χ0n) is 31.3. The topological polar surface area (TPSA) is 18.5 Å². The summed E-state index contributed by atoms with van der Waals surface area (Å²) in [5.41, 5.74) is 1.35. The van der Waals surface area contributed by atoms with Crippen LogP contribution in [0.25, 0.3) is 21.5 Å². The van der Waals surface area contributed by atoms with Crippen LogP contribution in [0.4, 0.5) is 0 Å². The smallest absolute Gasteiger partial charge is 0.135 e. The first kappa shape index (κ1) is 40.9. The summed E-state index contributed by atoms with van der Waals surface area (Å²) in [4.78, 5) is 0. The van der Waals surface area contributed by atoms with Gasteiger partial charge in [-0.2, -0.15) is 23.5 Å². The number of ether oxygens (including phenoxy) is 2. The molecule has 0 aliphatic rings. The molecule has 0 saturated heterocycles. The third-order valence-electron chi connectivity index (χ3n) is 9.54. The lowest BCUT2D eigenvalue weighted by Crippen LogP contribution is -2.03. The number of rotatable bonds is 31. The number of hydrogen-bond acceptors (Lipinski definition) is 4. The lowest BCUT2D eigenvalue weighted by atomic mass is 9.98. The third-order valence-corrected chi connectivity index (χ3v) is 11.9. The summed E-state index contributed by atoms with van der Waals surface area (Å²) in [6.07, 6.45) is 27.7. The highest BCUT2D eigenvalue weighted by Gasteiger charge is 2.16. The zero-order chi connectivity index (χ0) is 33.9. The monoisotopic (exact) mass is 694 g/mol.